The largest absolute Gasteiger partial charge is 0.468 e. The minimum absolute atomic E-state index is 0.0354. The number of hydrogen-bond acceptors (Lipinski definition) is 7. The van der Waals surface area contributed by atoms with Gasteiger partial charge >= 0.3 is 0 Å². The van der Waals surface area contributed by atoms with Gasteiger partial charge in [-0.15, -0.1) is 0 Å². The molecule has 0 aliphatic carbocycles. The van der Waals surface area contributed by atoms with Crippen molar-refractivity contribution < 1.29 is 9.13 Å². The van der Waals surface area contributed by atoms with Gasteiger partial charge < -0.3 is 21.5 Å². The van der Waals surface area contributed by atoms with Gasteiger partial charge in [-0.3, -0.25) is 5.41 Å². The first-order valence-corrected chi connectivity index (χ1v) is 7.58. The molecule has 1 heterocycles. The van der Waals surface area contributed by atoms with E-state index in [1.54, 1.807) is 0 Å². The van der Waals surface area contributed by atoms with Crippen LogP contribution in [0, 0.1) is 23.1 Å². The third kappa shape index (κ3) is 4.45. The maximum absolute atomic E-state index is 14.0. The molecule has 1 aromatic carbocycles. The molecule has 0 atom stereocenters. The highest BCUT2D eigenvalue weighted by Gasteiger charge is 2.10. The molecule has 0 radical (unpaired) electrons. The van der Waals surface area contributed by atoms with Crippen LogP contribution in [-0.4, -0.2) is 35.4 Å². The SMILES string of the molecule is CCN=C(Nc1ccc(F)c(C#CC(=N)c2c(N)ncnc2N)c1)OC. The normalized spacial score (nSPS) is 10.7. The molecule has 2 rings (SSSR count). The molecule has 0 fully saturated rings. The molecule has 0 spiro atoms. The molecule has 0 bridgehead atoms. The summed E-state index contributed by atoms with van der Waals surface area (Å²) in [6, 6.07) is 4.56. The zero-order chi connectivity index (χ0) is 19.1. The zero-order valence-corrected chi connectivity index (χ0v) is 14.3. The Labute approximate surface area is 150 Å². The molecule has 134 valence electrons. The third-order valence-corrected chi connectivity index (χ3v) is 3.19. The standard InChI is InChI=1S/C17H18FN7O/c1-3-22-17(26-2)25-11-5-6-12(18)10(8-11)4-7-13(19)14-15(20)23-9-24-16(14)21/h5-6,8-9,19H,3H2,1-2H3,(H,22,25)(H4,20,21,23,24). The second-order valence-electron chi connectivity index (χ2n) is 4.95. The van der Waals surface area contributed by atoms with Crippen molar-refractivity contribution in [3.8, 4) is 11.8 Å². The van der Waals surface area contributed by atoms with Gasteiger partial charge in [0.15, 0.2) is 0 Å². The van der Waals surface area contributed by atoms with E-state index in [9.17, 15) is 4.39 Å². The van der Waals surface area contributed by atoms with Crippen LogP contribution in [-0.2, 0) is 4.74 Å². The number of nitrogens with one attached hydrogen (secondary N) is 2. The number of hydrogen-bond donors (Lipinski definition) is 4. The lowest BCUT2D eigenvalue weighted by Gasteiger charge is -2.08. The fourth-order valence-corrected chi connectivity index (χ4v) is 1.98. The Morgan fingerprint density at radius 3 is 2.65 bits per heavy atom. The molecular formula is C17H18FN7O. The average molecular weight is 355 g/mol. The van der Waals surface area contributed by atoms with Crippen molar-refractivity contribution in [1.82, 2.24) is 9.97 Å². The zero-order valence-electron chi connectivity index (χ0n) is 14.3. The van der Waals surface area contributed by atoms with E-state index in [0.29, 0.717) is 18.3 Å². The Morgan fingerprint density at radius 1 is 1.35 bits per heavy atom. The monoisotopic (exact) mass is 355 g/mol. The number of aromatic nitrogens is 2. The Balaban J connectivity index is 2.30. The van der Waals surface area contributed by atoms with Crippen LogP contribution >= 0.6 is 0 Å². The highest BCUT2D eigenvalue weighted by atomic mass is 19.1. The van der Waals surface area contributed by atoms with E-state index in [2.05, 4.69) is 32.1 Å². The summed E-state index contributed by atoms with van der Waals surface area (Å²) in [7, 11) is 1.48. The first kappa shape index (κ1) is 18.7. The van der Waals surface area contributed by atoms with Crippen molar-refractivity contribution in [2.75, 3.05) is 30.4 Å². The van der Waals surface area contributed by atoms with Crippen LogP contribution in [0.25, 0.3) is 0 Å². The van der Waals surface area contributed by atoms with E-state index >= 15 is 0 Å². The van der Waals surface area contributed by atoms with E-state index < -0.39 is 5.82 Å². The minimum atomic E-state index is -0.535. The fourth-order valence-electron chi connectivity index (χ4n) is 1.98. The van der Waals surface area contributed by atoms with E-state index in [0.717, 1.165) is 0 Å². The molecule has 9 heteroatoms. The number of nitrogen functional groups attached to an aromatic ring is 2. The molecule has 0 saturated carbocycles. The maximum atomic E-state index is 14.0. The number of anilines is 3. The molecule has 0 aliphatic heterocycles. The van der Waals surface area contributed by atoms with Gasteiger partial charge in [-0.2, -0.15) is 0 Å². The summed E-state index contributed by atoms with van der Waals surface area (Å²) in [6.07, 6.45) is 1.19. The maximum Gasteiger partial charge on any atom is 0.288 e. The lowest BCUT2D eigenvalue weighted by atomic mass is 10.1. The van der Waals surface area contributed by atoms with Gasteiger partial charge in [0.25, 0.3) is 6.02 Å². The number of rotatable bonds is 3. The van der Waals surface area contributed by atoms with Crippen LogP contribution in [0.3, 0.4) is 0 Å². The summed E-state index contributed by atoms with van der Waals surface area (Å²) in [4.78, 5) is 11.6. The Kier molecular flexibility index (Phi) is 6.06. The fraction of sp³-hybridized carbons (Fsp3) is 0.176. The first-order chi connectivity index (χ1) is 12.5. The number of amidine groups is 1. The Bertz CT molecular complexity index is 895. The van der Waals surface area contributed by atoms with Gasteiger partial charge in [-0.25, -0.2) is 19.4 Å². The molecule has 2 aromatic rings. The second kappa shape index (κ2) is 8.43. The average Bonchev–Trinajstić information content (AvgIpc) is 2.61. The van der Waals surface area contributed by atoms with Gasteiger partial charge in [-0.1, -0.05) is 5.92 Å². The highest BCUT2D eigenvalue weighted by Crippen LogP contribution is 2.16. The van der Waals surface area contributed by atoms with Crippen LogP contribution in [0.5, 0.6) is 0 Å². The van der Waals surface area contributed by atoms with E-state index in [4.69, 9.17) is 21.6 Å². The van der Waals surface area contributed by atoms with Crippen molar-refractivity contribution in [2.24, 2.45) is 4.99 Å². The van der Waals surface area contributed by atoms with Crippen molar-refractivity contribution >= 4 is 29.1 Å². The highest BCUT2D eigenvalue weighted by molar-refractivity contribution is 6.16. The van der Waals surface area contributed by atoms with Crippen LogP contribution in [0.1, 0.15) is 18.1 Å². The predicted molar refractivity (Wildman–Crippen MR) is 99.6 cm³/mol. The number of methoxy groups -OCH3 is 1. The third-order valence-electron chi connectivity index (χ3n) is 3.19. The Hall–Kier alpha value is -3.67. The van der Waals surface area contributed by atoms with E-state index in [1.807, 2.05) is 6.92 Å². The topological polar surface area (TPSA) is 135 Å². The number of halogens is 1. The van der Waals surface area contributed by atoms with Crippen molar-refractivity contribution in [3.63, 3.8) is 0 Å². The lowest BCUT2D eigenvalue weighted by Crippen LogP contribution is -2.14. The van der Waals surface area contributed by atoms with Gasteiger partial charge in [-0.05, 0) is 31.0 Å². The molecule has 1 aromatic heterocycles. The smallest absolute Gasteiger partial charge is 0.288 e. The second-order valence-corrected chi connectivity index (χ2v) is 4.95. The number of nitrogens with two attached hydrogens (primary N) is 2. The molecule has 0 amide bonds. The van der Waals surface area contributed by atoms with Crippen LogP contribution in [0.2, 0.25) is 0 Å². The summed E-state index contributed by atoms with van der Waals surface area (Å²) in [5.41, 5.74) is 11.9. The quantitative estimate of drug-likeness (QED) is 0.375. The number of ether oxygens (including phenoxy) is 1. The summed E-state index contributed by atoms with van der Waals surface area (Å²) in [5, 5.41) is 10.9. The number of aliphatic imine (C=N–C) groups is 1. The van der Waals surface area contributed by atoms with Crippen LogP contribution < -0.4 is 16.8 Å². The summed E-state index contributed by atoms with van der Waals surface area (Å²) in [5.74, 6) is 4.65. The van der Waals surface area contributed by atoms with Crippen molar-refractivity contribution in [1.29, 1.82) is 5.41 Å². The van der Waals surface area contributed by atoms with Crippen LogP contribution in [0.15, 0.2) is 29.5 Å². The van der Waals surface area contributed by atoms with Gasteiger partial charge in [0.1, 0.15) is 29.5 Å². The van der Waals surface area contributed by atoms with Gasteiger partial charge in [0.05, 0.1) is 18.2 Å². The van der Waals surface area contributed by atoms with Gasteiger partial charge in [0, 0.05) is 12.2 Å². The van der Waals surface area contributed by atoms with E-state index in [-0.39, 0.29) is 28.5 Å². The van der Waals surface area contributed by atoms with Gasteiger partial charge in [0.2, 0.25) is 0 Å². The molecule has 6 N–H and O–H groups in total. The minimum Gasteiger partial charge on any atom is -0.468 e. The molecule has 0 unspecified atom stereocenters. The van der Waals surface area contributed by atoms with Crippen LogP contribution in [0.4, 0.5) is 21.7 Å². The van der Waals surface area contributed by atoms with Crippen molar-refractivity contribution in [3.05, 3.63) is 41.5 Å². The Morgan fingerprint density at radius 2 is 2.04 bits per heavy atom. The summed E-state index contributed by atoms with van der Waals surface area (Å²) in [6.45, 7) is 2.39. The predicted octanol–water partition coefficient (Wildman–Crippen LogP) is 1.63. The molecule has 0 aliphatic rings. The van der Waals surface area contributed by atoms with Crippen molar-refractivity contribution in [2.45, 2.75) is 6.92 Å². The number of benzene rings is 1. The summed E-state index contributed by atoms with van der Waals surface area (Å²) < 4.78 is 19.1. The molecule has 26 heavy (non-hydrogen) atoms. The molecular weight excluding hydrogens is 337 g/mol. The molecule has 8 nitrogen and oxygen atoms in total. The number of nitrogens with zero attached hydrogens (tertiary/aromatic N) is 3. The first-order valence-electron chi connectivity index (χ1n) is 7.58. The lowest BCUT2D eigenvalue weighted by molar-refractivity contribution is 0.400. The summed E-state index contributed by atoms with van der Waals surface area (Å²) >= 11 is 0. The van der Waals surface area contributed by atoms with E-state index in [1.165, 1.54) is 31.6 Å². The molecule has 0 saturated heterocycles.